The smallest absolute Gasteiger partial charge is 0.319 e. The Balaban J connectivity index is 2.79. The largest absolute Gasteiger partial charge is 0.467 e. The highest BCUT2D eigenvalue weighted by atomic mass is 127. The summed E-state index contributed by atoms with van der Waals surface area (Å²) in [6, 6.07) is 0.223. The molecule has 0 radical (unpaired) electrons. The van der Waals surface area contributed by atoms with E-state index >= 15 is 0 Å². The number of H-pyrrole nitrogens is 1. The summed E-state index contributed by atoms with van der Waals surface area (Å²) in [5.74, 6) is 0. The van der Waals surface area contributed by atoms with E-state index in [9.17, 15) is 0 Å². The monoisotopic (exact) mass is 310 g/mol. The quantitative estimate of drug-likeness (QED) is 0.642. The third-order valence-corrected chi connectivity index (χ3v) is 2.54. The Kier molecular flexibility index (Phi) is 2.24. The Morgan fingerprint density at radius 1 is 1.46 bits per heavy atom. The molecule has 0 unspecified atom stereocenters. The average molecular weight is 310 g/mol. The van der Waals surface area contributed by atoms with Gasteiger partial charge in [-0.15, -0.1) is 0 Å². The van der Waals surface area contributed by atoms with Crippen LogP contribution in [0.5, 0.6) is 6.01 Å². The SMILES string of the molecule is COc1nc(Cl)c2c(I)[nH]nc2n1. The van der Waals surface area contributed by atoms with Crippen molar-refractivity contribution in [3.8, 4) is 6.01 Å². The van der Waals surface area contributed by atoms with Crippen molar-refractivity contribution < 1.29 is 4.74 Å². The molecular formula is C6H4ClIN4O. The maximum Gasteiger partial charge on any atom is 0.319 e. The van der Waals surface area contributed by atoms with Crippen LogP contribution in [0.15, 0.2) is 0 Å². The van der Waals surface area contributed by atoms with Crippen LogP contribution in [0, 0.1) is 3.70 Å². The lowest BCUT2D eigenvalue weighted by Crippen LogP contribution is -1.92. The molecule has 0 atom stereocenters. The van der Waals surface area contributed by atoms with Crippen LogP contribution in [0.1, 0.15) is 0 Å². The molecule has 0 spiro atoms. The van der Waals surface area contributed by atoms with E-state index in [0.717, 1.165) is 9.09 Å². The zero-order chi connectivity index (χ0) is 9.42. The molecule has 7 heteroatoms. The molecule has 0 saturated heterocycles. The Morgan fingerprint density at radius 2 is 2.23 bits per heavy atom. The van der Waals surface area contributed by atoms with Crippen LogP contribution in [0.25, 0.3) is 11.0 Å². The predicted octanol–water partition coefficient (Wildman–Crippen LogP) is 1.62. The fourth-order valence-electron chi connectivity index (χ4n) is 0.922. The van der Waals surface area contributed by atoms with E-state index in [4.69, 9.17) is 16.3 Å². The molecule has 2 rings (SSSR count). The van der Waals surface area contributed by atoms with Gasteiger partial charge in [0.25, 0.3) is 0 Å². The molecule has 13 heavy (non-hydrogen) atoms. The van der Waals surface area contributed by atoms with E-state index in [-0.39, 0.29) is 6.01 Å². The van der Waals surface area contributed by atoms with E-state index < -0.39 is 0 Å². The van der Waals surface area contributed by atoms with Crippen LogP contribution in [0.3, 0.4) is 0 Å². The first-order valence-corrected chi connectivity index (χ1v) is 4.79. The average Bonchev–Trinajstić information content (AvgIpc) is 2.48. The van der Waals surface area contributed by atoms with Gasteiger partial charge in [-0.2, -0.15) is 15.1 Å². The Labute approximate surface area is 92.0 Å². The summed E-state index contributed by atoms with van der Waals surface area (Å²) in [4.78, 5) is 7.93. The van der Waals surface area contributed by atoms with Crippen LogP contribution in [-0.4, -0.2) is 27.3 Å². The summed E-state index contributed by atoms with van der Waals surface area (Å²) in [7, 11) is 1.48. The molecule has 0 aliphatic heterocycles. The number of hydrogen-bond acceptors (Lipinski definition) is 4. The Hall–Kier alpha value is -0.630. The number of hydrogen-bond donors (Lipinski definition) is 1. The van der Waals surface area contributed by atoms with Crippen LogP contribution in [0.4, 0.5) is 0 Å². The van der Waals surface area contributed by atoms with E-state index in [1.54, 1.807) is 0 Å². The van der Waals surface area contributed by atoms with Crippen LogP contribution in [0.2, 0.25) is 5.15 Å². The molecule has 68 valence electrons. The molecule has 0 bridgehead atoms. The van der Waals surface area contributed by atoms with E-state index in [1.165, 1.54) is 7.11 Å². The van der Waals surface area contributed by atoms with Gasteiger partial charge in [0, 0.05) is 0 Å². The van der Waals surface area contributed by atoms with Gasteiger partial charge in [-0.25, -0.2) is 0 Å². The lowest BCUT2D eigenvalue weighted by atomic mass is 10.4. The topological polar surface area (TPSA) is 63.7 Å². The minimum absolute atomic E-state index is 0.223. The molecule has 2 aromatic rings. The lowest BCUT2D eigenvalue weighted by molar-refractivity contribution is 0.381. The second kappa shape index (κ2) is 3.26. The van der Waals surface area contributed by atoms with Crippen LogP contribution in [-0.2, 0) is 0 Å². The third kappa shape index (κ3) is 1.44. The zero-order valence-electron chi connectivity index (χ0n) is 6.51. The summed E-state index contributed by atoms with van der Waals surface area (Å²) in [5, 5.41) is 7.77. The first-order valence-electron chi connectivity index (χ1n) is 3.33. The van der Waals surface area contributed by atoms with Crippen molar-refractivity contribution in [3.63, 3.8) is 0 Å². The first kappa shape index (κ1) is 8.95. The fraction of sp³-hybridized carbons (Fsp3) is 0.167. The van der Waals surface area contributed by atoms with Gasteiger partial charge < -0.3 is 4.74 Å². The van der Waals surface area contributed by atoms with Crippen molar-refractivity contribution in [3.05, 3.63) is 8.85 Å². The van der Waals surface area contributed by atoms with Gasteiger partial charge in [0.1, 0.15) is 8.85 Å². The number of nitrogens with one attached hydrogen (secondary N) is 1. The second-order valence-corrected chi connectivity index (χ2v) is 3.67. The third-order valence-electron chi connectivity index (χ3n) is 1.49. The summed E-state index contributed by atoms with van der Waals surface area (Å²) >= 11 is 7.97. The summed E-state index contributed by atoms with van der Waals surface area (Å²) in [5.41, 5.74) is 0.515. The van der Waals surface area contributed by atoms with Crippen molar-refractivity contribution in [2.75, 3.05) is 7.11 Å². The molecule has 0 fully saturated rings. The Bertz CT molecular complexity index is 457. The van der Waals surface area contributed by atoms with E-state index in [1.807, 2.05) is 0 Å². The highest BCUT2D eigenvalue weighted by Crippen LogP contribution is 2.24. The summed E-state index contributed by atoms with van der Waals surface area (Å²) in [6.07, 6.45) is 0. The summed E-state index contributed by atoms with van der Waals surface area (Å²) < 4.78 is 5.67. The van der Waals surface area contributed by atoms with E-state index in [2.05, 4.69) is 42.8 Å². The number of halogens is 2. The van der Waals surface area contributed by atoms with Gasteiger partial charge in [0.15, 0.2) is 5.65 Å². The number of nitrogens with zero attached hydrogens (tertiary/aromatic N) is 3. The standard InChI is InChI=1S/C6H4ClIN4O/c1-13-6-9-3(7)2-4(8)11-12-5(2)10-6/h1H3,(H,9,10,11,12). The molecule has 0 saturated carbocycles. The minimum Gasteiger partial charge on any atom is -0.467 e. The molecule has 2 heterocycles. The van der Waals surface area contributed by atoms with Gasteiger partial charge in [0.2, 0.25) is 0 Å². The second-order valence-electron chi connectivity index (χ2n) is 2.24. The number of rotatable bonds is 1. The molecular weight excluding hydrogens is 306 g/mol. The van der Waals surface area contributed by atoms with Gasteiger partial charge in [-0.1, -0.05) is 11.6 Å². The molecule has 0 aromatic carbocycles. The molecule has 0 amide bonds. The fourth-order valence-corrected chi connectivity index (χ4v) is 1.95. The van der Waals surface area contributed by atoms with Gasteiger partial charge in [-0.05, 0) is 22.6 Å². The van der Waals surface area contributed by atoms with Gasteiger partial charge >= 0.3 is 6.01 Å². The number of methoxy groups -OCH3 is 1. The van der Waals surface area contributed by atoms with Crippen molar-refractivity contribution in [2.24, 2.45) is 0 Å². The number of ether oxygens (including phenoxy) is 1. The molecule has 5 nitrogen and oxygen atoms in total. The number of aromatic amines is 1. The van der Waals surface area contributed by atoms with Crippen molar-refractivity contribution in [2.45, 2.75) is 0 Å². The van der Waals surface area contributed by atoms with Crippen molar-refractivity contribution in [1.82, 2.24) is 20.2 Å². The maximum absolute atomic E-state index is 5.89. The van der Waals surface area contributed by atoms with Crippen LogP contribution < -0.4 is 4.74 Å². The number of aromatic nitrogens is 4. The predicted molar refractivity (Wildman–Crippen MR) is 56.0 cm³/mol. The zero-order valence-corrected chi connectivity index (χ0v) is 9.42. The van der Waals surface area contributed by atoms with Crippen molar-refractivity contribution >= 4 is 45.2 Å². The highest BCUT2D eigenvalue weighted by molar-refractivity contribution is 14.1. The molecule has 2 aromatic heterocycles. The normalized spacial score (nSPS) is 10.7. The lowest BCUT2D eigenvalue weighted by Gasteiger charge is -1.97. The van der Waals surface area contributed by atoms with E-state index in [0.29, 0.717) is 10.8 Å². The molecule has 0 aliphatic rings. The van der Waals surface area contributed by atoms with Crippen LogP contribution >= 0.6 is 34.2 Å². The highest BCUT2D eigenvalue weighted by Gasteiger charge is 2.11. The van der Waals surface area contributed by atoms with Gasteiger partial charge in [-0.3, -0.25) is 5.10 Å². The minimum atomic E-state index is 0.223. The molecule has 0 aliphatic carbocycles. The Morgan fingerprint density at radius 3 is 2.92 bits per heavy atom. The van der Waals surface area contributed by atoms with Gasteiger partial charge in [0.05, 0.1) is 12.5 Å². The summed E-state index contributed by atoms with van der Waals surface area (Å²) in [6.45, 7) is 0. The first-order chi connectivity index (χ1) is 6.22. The molecule has 1 N–H and O–H groups in total. The maximum atomic E-state index is 5.89. The van der Waals surface area contributed by atoms with Crippen molar-refractivity contribution in [1.29, 1.82) is 0 Å². The number of fused-ring (bicyclic) bond motifs is 1.